The van der Waals surface area contributed by atoms with E-state index in [9.17, 15) is 9.59 Å². The van der Waals surface area contributed by atoms with E-state index in [1.54, 1.807) is 6.07 Å². The first kappa shape index (κ1) is 18.8. The van der Waals surface area contributed by atoms with Gasteiger partial charge in [-0.1, -0.05) is 18.2 Å². The monoisotopic (exact) mass is 367 g/mol. The van der Waals surface area contributed by atoms with E-state index >= 15 is 0 Å². The fourth-order valence-electron chi connectivity index (χ4n) is 3.20. The van der Waals surface area contributed by atoms with E-state index in [-0.39, 0.29) is 12.0 Å². The Hall–Kier alpha value is -3.02. The number of nitrogens with one attached hydrogen (secondary N) is 1. The van der Waals surface area contributed by atoms with Crippen LogP contribution in [0, 0.1) is 13.8 Å². The number of esters is 1. The highest BCUT2D eigenvalue weighted by atomic mass is 16.5. The Kier molecular flexibility index (Phi) is 5.64. The van der Waals surface area contributed by atoms with Crippen LogP contribution in [0.4, 0.5) is 16.2 Å². The summed E-state index contributed by atoms with van der Waals surface area (Å²) in [6.07, 6.45) is 0. The molecule has 2 aromatic rings. The maximum atomic E-state index is 12.6. The normalized spacial score (nSPS) is 14.0. The first-order valence-electron chi connectivity index (χ1n) is 9.05. The van der Waals surface area contributed by atoms with Gasteiger partial charge >= 0.3 is 12.0 Å². The van der Waals surface area contributed by atoms with E-state index in [2.05, 4.69) is 10.2 Å². The lowest BCUT2D eigenvalue weighted by molar-refractivity contribution is 0.0600. The van der Waals surface area contributed by atoms with E-state index in [0.717, 1.165) is 22.5 Å². The number of rotatable bonds is 3. The van der Waals surface area contributed by atoms with Gasteiger partial charge in [0.25, 0.3) is 0 Å². The van der Waals surface area contributed by atoms with Gasteiger partial charge < -0.3 is 19.9 Å². The van der Waals surface area contributed by atoms with Gasteiger partial charge in [-0.3, -0.25) is 0 Å². The van der Waals surface area contributed by atoms with Crippen LogP contribution in [-0.2, 0) is 4.74 Å². The second kappa shape index (κ2) is 8.12. The Bertz CT molecular complexity index is 842. The summed E-state index contributed by atoms with van der Waals surface area (Å²) in [4.78, 5) is 28.3. The number of amides is 2. The molecule has 1 saturated heterocycles. The van der Waals surface area contributed by atoms with Crippen molar-refractivity contribution in [2.24, 2.45) is 0 Å². The number of hydrogen-bond acceptors (Lipinski definition) is 4. The maximum Gasteiger partial charge on any atom is 0.337 e. The van der Waals surface area contributed by atoms with Gasteiger partial charge in [-0.2, -0.15) is 0 Å². The van der Waals surface area contributed by atoms with Crippen molar-refractivity contribution in [1.29, 1.82) is 0 Å². The summed E-state index contributed by atoms with van der Waals surface area (Å²) in [6.45, 7) is 6.72. The van der Waals surface area contributed by atoms with Crippen molar-refractivity contribution in [3.63, 3.8) is 0 Å². The van der Waals surface area contributed by atoms with Gasteiger partial charge in [0, 0.05) is 37.6 Å². The van der Waals surface area contributed by atoms with Crippen molar-refractivity contribution in [3.05, 3.63) is 59.2 Å². The molecule has 0 unspecified atom stereocenters. The largest absolute Gasteiger partial charge is 0.465 e. The minimum atomic E-state index is -0.344. The highest BCUT2D eigenvalue weighted by molar-refractivity contribution is 5.91. The SMILES string of the molecule is COC(=O)c1cccc(N2CCN(C(=O)Nc3cccc(C)c3C)CC2)c1. The van der Waals surface area contributed by atoms with E-state index in [1.807, 2.05) is 55.1 Å². The molecule has 1 N–H and O–H groups in total. The number of urea groups is 1. The number of carbonyl (C=O) groups excluding carboxylic acids is 2. The van der Waals surface area contributed by atoms with Crippen molar-refractivity contribution in [2.45, 2.75) is 13.8 Å². The molecule has 1 fully saturated rings. The second-order valence-electron chi connectivity index (χ2n) is 6.69. The van der Waals surface area contributed by atoms with E-state index in [1.165, 1.54) is 7.11 Å². The molecule has 6 heteroatoms. The number of carbonyl (C=O) groups is 2. The van der Waals surface area contributed by atoms with Gasteiger partial charge in [0.15, 0.2) is 0 Å². The van der Waals surface area contributed by atoms with E-state index in [0.29, 0.717) is 31.7 Å². The lowest BCUT2D eigenvalue weighted by Crippen LogP contribution is -2.50. The summed E-state index contributed by atoms with van der Waals surface area (Å²) in [6, 6.07) is 13.2. The summed E-state index contributed by atoms with van der Waals surface area (Å²) in [5.74, 6) is -0.344. The molecular weight excluding hydrogens is 342 g/mol. The Labute approximate surface area is 159 Å². The van der Waals surface area contributed by atoms with Crippen molar-refractivity contribution < 1.29 is 14.3 Å². The van der Waals surface area contributed by atoms with Crippen molar-refractivity contribution in [3.8, 4) is 0 Å². The predicted molar refractivity (Wildman–Crippen MR) is 107 cm³/mol. The summed E-state index contributed by atoms with van der Waals surface area (Å²) in [5, 5.41) is 3.01. The number of methoxy groups -OCH3 is 1. The molecule has 142 valence electrons. The van der Waals surface area contributed by atoms with Gasteiger partial charge in [-0.25, -0.2) is 9.59 Å². The minimum Gasteiger partial charge on any atom is -0.465 e. The first-order chi connectivity index (χ1) is 13.0. The highest BCUT2D eigenvalue weighted by Crippen LogP contribution is 2.21. The van der Waals surface area contributed by atoms with Crippen LogP contribution in [0.1, 0.15) is 21.5 Å². The van der Waals surface area contributed by atoms with Crippen molar-refractivity contribution >= 4 is 23.4 Å². The fourth-order valence-corrected chi connectivity index (χ4v) is 3.20. The molecule has 27 heavy (non-hydrogen) atoms. The molecule has 6 nitrogen and oxygen atoms in total. The zero-order chi connectivity index (χ0) is 19.4. The van der Waals surface area contributed by atoms with Crippen LogP contribution >= 0.6 is 0 Å². The number of anilines is 2. The Balaban J connectivity index is 1.61. The van der Waals surface area contributed by atoms with Gasteiger partial charge in [-0.05, 0) is 49.2 Å². The summed E-state index contributed by atoms with van der Waals surface area (Å²) in [7, 11) is 1.38. The molecule has 2 amide bonds. The van der Waals surface area contributed by atoms with Crippen LogP contribution in [0.15, 0.2) is 42.5 Å². The zero-order valence-corrected chi connectivity index (χ0v) is 16.0. The third-order valence-corrected chi connectivity index (χ3v) is 5.05. The molecule has 1 aliphatic heterocycles. The average Bonchev–Trinajstić information content (AvgIpc) is 2.71. The number of aryl methyl sites for hydroxylation is 1. The molecule has 0 spiro atoms. The maximum absolute atomic E-state index is 12.6. The molecule has 0 aliphatic carbocycles. The number of piperazine rings is 1. The van der Waals surface area contributed by atoms with Gasteiger partial charge in [-0.15, -0.1) is 0 Å². The molecule has 0 saturated carbocycles. The van der Waals surface area contributed by atoms with Gasteiger partial charge in [0.05, 0.1) is 12.7 Å². The van der Waals surface area contributed by atoms with Crippen LogP contribution in [0.25, 0.3) is 0 Å². The lowest BCUT2D eigenvalue weighted by atomic mass is 10.1. The molecule has 0 aromatic heterocycles. The minimum absolute atomic E-state index is 0.0772. The third-order valence-electron chi connectivity index (χ3n) is 5.05. The Morgan fingerprint density at radius 2 is 1.70 bits per heavy atom. The predicted octanol–water partition coefficient (Wildman–Crippen LogP) is 3.44. The van der Waals surface area contributed by atoms with Crippen LogP contribution < -0.4 is 10.2 Å². The van der Waals surface area contributed by atoms with Gasteiger partial charge in [0.1, 0.15) is 0 Å². The molecule has 1 aliphatic rings. The molecule has 0 radical (unpaired) electrons. The summed E-state index contributed by atoms with van der Waals surface area (Å²) in [5.41, 5.74) is 4.60. The smallest absolute Gasteiger partial charge is 0.337 e. The Morgan fingerprint density at radius 3 is 2.41 bits per heavy atom. The van der Waals surface area contributed by atoms with Crippen LogP contribution in [0.2, 0.25) is 0 Å². The second-order valence-corrected chi connectivity index (χ2v) is 6.69. The number of benzene rings is 2. The van der Waals surface area contributed by atoms with E-state index < -0.39 is 0 Å². The number of nitrogens with zero attached hydrogens (tertiary/aromatic N) is 2. The summed E-state index contributed by atoms with van der Waals surface area (Å²) < 4.78 is 4.78. The fraction of sp³-hybridized carbons (Fsp3) is 0.333. The summed E-state index contributed by atoms with van der Waals surface area (Å²) >= 11 is 0. The molecule has 1 heterocycles. The molecule has 2 aromatic carbocycles. The standard InChI is InChI=1S/C21H25N3O3/c1-15-6-4-9-19(16(15)2)22-21(26)24-12-10-23(11-13-24)18-8-5-7-17(14-18)20(25)27-3/h4-9,14H,10-13H2,1-3H3,(H,22,26). The first-order valence-corrected chi connectivity index (χ1v) is 9.05. The highest BCUT2D eigenvalue weighted by Gasteiger charge is 2.22. The number of ether oxygens (including phenoxy) is 1. The Morgan fingerprint density at radius 1 is 1.00 bits per heavy atom. The lowest BCUT2D eigenvalue weighted by Gasteiger charge is -2.36. The van der Waals surface area contributed by atoms with Crippen LogP contribution in [-0.4, -0.2) is 50.2 Å². The molecule has 3 rings (SSSR count). The van der Waals surface area contributed by atoms with Crippen LogP contribution in [0.5, 0.6) is 0 Å². The van der Waals surface area contributed by atoms with E-state index in [4.69, 9.17) is 4.74 Å². The zero-order valence-electron chi connectivity index (χ0n) is 16.0. The quantitative estimate of drug-likeness (QED) is 0.844. The van der Waals surface area contributed by atoms with Crippen molar-refractivity contribution in [2.75, 3.05) is 43.5 Å². The van der Waals surface area contributed by atoms with Crippen molar-refractivity contribution in [1.82, 2.24) is 4.90 Å². The number of hydrogen-bond donors (Lipinski definition) is 1. The molecular formula is C21H25N3O3. The average molecular weight is 367 g/mol. The topological polar surface area (TPSA) is 61.9 Å². The van der Waals surface area contributed by atoms with Crippen LogP contribution in [0.3, 0.4) is 0 Å². The molecule has 0 atom stereocenters. The van der Waals surface area contributed by atoms with Gasteiger partial charge in [0.2, 0.25) is 0 Å². The third kappa shape index (κ3) is 4.22. The molecule has 0 bridgehead atoms.